The van der Waals surface area contributed by atoms with Gasteiger partial charge in [-0.05, 0) is 60.8 Å². The molecule has 26 heavy (non-hydrogen) atoms. The van der Waals surface area contributed by atoms with Crippen LogP contribution in [0.4, 0.5) is 0 Å². The Morgan fingerprint density at radius 1 is 1.27 bits per heavy atom. The second-order valence-electron chi connectivity index (χ2n) is 7.28. The van der Waals surface area contributed by atoms with Crippen LogP contribution >= 0.6 is 0 Å². The van der Waals surface area contributed by atoms with E-state index in [9.17, 15) is 19.8 Å². The first-order valence-electron chi connectivity index (χ1n) is 8.67. The van der Waals surface area contributed by atoms with E-state index in [1.807, 2.05) is 18.2 Å². The average molecular weight is 388 g/mol. The summed E-state index contributed by atoms with van der Waals surface area (Å²) in [5.74, 6) is -0.930. The summed E-state index contributed by atoms with van der Waals surface area (Å²) in [6.45, 7) is 3.05. The number of benzene rings is 1. The molecule has 1 aromatic carbocycles. The van der Waals surface area contributed by atoms with Crippen molar-refractivity contribution < 1.29 is 75.9 Å². The fourth-order valence-electron chi connectivity index (χ4n) is 2.98. The third kappa shape index (κ3) is 7.29. The number of hydrogen-bond donors (Lipinski definition) is 2. The molecule has 0 aliphatic heterocycles. The fourth-order valence-corrected chi connectivity index (χ4v) is 2.98. The molecule has 1 aliphatic carbocycles. The van der Waals surface area contributed by atoms with E-state index in [0.29, 0.717) is 5.75 Å². The maximum Gasteiger partial charge on any atom is 1.00 e. The van der Waals surface area contributed by atoms with Crippen LogP contribution in [0.3, 0.4) is 0 Å². The largest absolute Gasteiger partial charge is 1.00 e. The summed E-state index contributed by atoms with van der Waals surface area (Å²) in [7, 11) is 0. The van der Waals surface area contributed by atoms with Gasteiger partial charge in [-0.3, -0.25) is 4.79 Å². The number of amides is 1. The standard InChI is InChI=1S/C19H27NO5.K/c1-19(2,10-18(23)24)16(21)11-20-17(22)12-25-15-8-7-13-5-3-4-6-14(13)9-15;/h7-9,16,21H,3-6,10-12H2,1-2H3,(H,20,22)(H,23,24);/q;+1/p-1. The number of aliphatic carboxylic acids is 1. The van der Waals surface area contributed by atoms with Crippen molar-refractivity contribution in [3.63, 3.8) is 0 Å². The van der Waals surface area contributed by atoms with Crippen molar-refractivity contribution in [2.45, 2.75) is 52.1 Å². The van der Waals surface area contributed by atoms with Gasteiger partial charge in [-0.1, -0.05) is 19.9 Å². The minimum atomic E-state index is -1.23. The second kappa shape index (κ2) is 10.8. The number of carboxylic acid groups (broad SMARTS) is 1. The smallest absolute Gasteiger partial charge is 0.550 e. The van der Waals surface area contributed by atoms with E-state index in [1.54, 1.807) is 13.8 Å². The Bertz CT molecular complexity index is 632. The van der Waals surface area contributed by atoms with Crippen LogP contribution in [-0.4, -0.2) is 36.2 Å². The molecule has 0 heterocycles. The summed E-state index contributed by atoms with van der Waals surface area (Å²) < 4.78 is 5.52. The number of carboxylic acids is 1. The Hall–Kier alpha value is -0.444. The van der Waals surface area contributed by atoms with Crippen LogP contribution in [0.5, 0.6) is 5.75 Å². The number of aliphatic hydroxyl groups is 1. The van der Waals surface area contributed by atoms with Gasteiger partial charge in [-0.15, -0.1) is 0 Å². The van der Waals surface area contributed by atoms with Crippen molar-refractivity contribution in [3.8, 4) is 5.75 Å². The normalized spacial score (nSPS) is 14.6. The molecule has 2 N–H and O–H groups in total. The van der Waals surface area contributed by atoms with Crippen LogP contribution in [0.15, 0.2) is 18.2 Å². The average Bonchev–Trinajstić information content (AvgIpc) is 2.56. The van der Waals surface area contributed by atoms with Gasteiger partial charge in [0.2, 0.25) is 0 Å². The van der Waals surface area contributed by atoms with Crippen molar-refractivity contribution >= 4 is 11.9 Å². The number of carbonyl (C=O) groups is 2. The predicted octanol–water partition coefficient (Wildman–Crippen LogP) is -2.41. The molecular formula is C19H26KNO5. The number of ether oxygens (including phenoxy) is 1. The van der Waals surface area contributed by atoms with E-state index < -0.39 is 17.5 Å². The van der Waals surface area contributed by atoms with Gasteiger partial charge in [0, 0.05) is 12.5 Å². The Morgan fingerprint density at radius 3 is 2.58 bits per heavy atom. The second-order valence-corrected chi connectivity index (χ2v) is 7.28. The molecule has 0 saturated carbocycles. The number of aliphatic hydroxyl groups excluding tert-OH is 1. The molecule has 7 heteroatoms. The fraction of sp³-hybridized carbons (Fsp3) is 0.579. The van der Waals surface area contributed by atoms with Crippen LogP contribution in [0.2, 0.25) is 0 Å². The molecule has 0 fully saturated rings. The van der Waals surface area contributed by atoms with E-state index in [-0.39, 0.29) is 76.9 Å². The molecule has 138 valence electrons. The molecule has 1 aromatic rings. The van der Waals surface area contributed by atoms with E-state index in [0.717, 1.165) is 12.8 Å². The quantitative estimate of drug-likeness (QED) is 0.484. The number of nitrogens with one attached hydrogen (secondary N) is 1. The Labute approximate surface area is 197 Å². The number of fused-ring (bicyclic) bond motifs is 1. The van der Waals surface area contributed by atoms with E-state index in [1.165, 1.54) is 24.0 Å². The topological polar surface area (TPSA) is 98.7 Å². The molecule has 0 saturated heterocycles. The number of hydrogen-bond acceptors (Lipinski definition) is 5. The molecule has 0 bridgehead atoms. The van der Waals surface area contributed by atoms with Gasteiger partial charge in [-0.2, -0.15) is 0 Å². The summed E-state index contributed by atoms with van der Waals surface area (Å²) in [5.41, 5.74) is 1.75. The van der Waals surface area contributed by atoms with Crippen molar-refractivity contribution in [1.82, 2.24) is 5.32 Å². The summed E-state index contributed by atoms with van der Waals surface area (Å²) >= 11 is 0. The molecule has 2 rings (SSSR count). The monoisotopic (exact) mass is 387 g/mol. The Morgan fingerprint density at radius 2 is 1.92 bits per heavy atom. The minimum Gasteiger partial charge on any atom is -0.550 e. The molecule has 0 spiro atoms. The van der Waals surface area contributed by atoms with Gasteiger partial charge >= 0.3 is 51.4 Å². The molecule has 1 atom stereocenters. The molecule has 1 amide bonds. The zero-order valence-electron chi connectivity index (χ0n) is 15.8. The number of rotatable bonds is 8. The summed E-state index contributed by atoms with van der Waals surface area (Å²) in [6, 6.07) is 5.91. The van der Waals surface area contributed by atoms with Gasteiger partial charge in [0.05, 0.1) is 6.10 Å². The zero-order chi connectivity index (χ0) is 18.4. The molecule has 0 radical (unpaired) electrons. The van der Waals surface area contributed by atoms with E-state index in [4.69, 9.17) is 4.74 Å². The van der Waals surface area contributed by atoms with Gasteiger partial charge in [0.25, 0.3) is 5.91 Å². The minimum absolute atomic E-state index is 0. The van der Waals surface area contributed by atoms with Crippen LogP contribution in [-0.2, 0) is 22.4 Å². The molecule has 1 unspecified atom stereocenters. The summed E-state index contributed by atoms with van der Waals surface area (Å²) in [6.07, 6.45) is 3.25. The predicted molar refractivity (Wildman–Crippen MR) is 91.0 cm³/mol. The third-order valence-electron chi connectivity index (χ3n) is 4.68. The Kier molecular flexibility index (Phi) is 9.78. The molecular weight excluding hydrogens is 361 g/mol. The zero-order valence-corrected chi connectivity index (χ0v) is 19.0. The molecule has 0 aromatic heterocycles. The SMILES string of the molecule is CC(C)(CC(=O)[O-])C(O)CNC(=O)COc1ccc2c(c1)CCCC2.[K+]. The maximum absolute atomic E-state index is 11.9. The van der Waals surface area contributed by atoms with Crippen LogP contribution in [0.1, 0.15) is 44.2 Å². The van der Waals surface area contributed by atoms with Crippen molar-refractivity contribution in [1.29, 1.82) is 0 Å². The van der Waals surface area contributed by atoms with Crippen LogP contribution in [0, 0.1) is 5.41 Å². The van der Waals surface area contributed by atoms with E-state index >= 15 is 0 Å². The van der Waals surface area contributed by atoms with Gasteiger partial charge in [0.15, 0.2) is 6.61 Å². The van der Waals surface area contributed by atoms with Crippen molar-refractivity contribution in [2.24, 2.45) is 5.41 Å². The van der Waals surface area contributed by atoms with Crippen molar-refractivity contribution in [2.75, 3.05) is 13.2 Å². The Balaban J connectivity index is 0.00000338. The first-order valence-corrected chi connectivity index (χ1v) is 8.67. The van der Waals surface area contributed by atoms with Gasteiger partial charge in [0.1, 0.15) is 5.75 Å². The number of carbonyl (C=O) groups excluding carboxylic acids is 2. The van der Waals surface area contributed by atoms with E-state index in [2.05, 4.69) is 5.32 Å². The maximum atomic E-state index is 11.9. The molecule has 1 aliphatic rings. The summed E-state index contributed by atoms with van der Waals surface area (Å²) in [5, 5.41) is 23.3. The van der Waals surface area contributed by atoms with Crippen LogP contribution < -0.4 is 66.5 Å². The first-order chi connectivity index (χ1) is 11.8. The van der Waals surface area contributed by atoms with Crippen LogP contribution in [0.25, 0.3) is 0 Å². The van der Waals surface area contributed by atoms with Gasteiger partial charge < -0.3 is 25.1 Å². The van der Waals surface area contributed by atoms with Crippen molar-refractivity contribution in [3.05, 3.63) is 29.3 Å². The molecule has 6 nitrogen and oxygen atoms in total. The number of aryl methyl sites for hydroxylation is 2. The first kappa shape index (κ1) is 23.6. The van der Waals surface area contributed by atoms with Gasteiger partial charge in [-0.25, -0.2) is 0 Å². The summed E-state index contributed by atoms with van der Waals surface area (Å²) in [4.78, 5) is 22.6. The third-order valence-corrected chi connectivity index (χ3v) is 4.68.